The van der Waals surface area contributed by atoms with Gasteiger partial charge >= 0.3 is 6.18 Å². The third-order valence-corrected chi connectivity index (χ3v) is 2.49. The van der Waals surface area contributed by atoms with Crippen molar-refractivity contribution in [3.8, 4) is 0 Å². The van der Waals surface area contributed by atoms with Crippen LogP contribution in [0.4, 0.5) is 13.2 Å². The van der Waals surface area contributed by atoms with Gasteiger partial charge < -0.3 is 4.98 Å². The van der Waals surface area contributed by atoms with Crippen molar-refractivity contribution < 1.29 is 13.2 Å². The van der Waals surface area contributed by atoms with E-state index in [2.05, 4.69) is 9.97 Å². The van der Waals surface area contributed by atoms with Gasteiger partial charge in [0.05, 0.1) is 6.42 Å². The molecule has 0 unspecified atom stereocenters. The fourth-order valence-electron chi connectivity index (χ4n) is 1.08. The van der Waals surface area contributed by atoms with Crippen LogP contribution in [0.1, 0.15) is 23.5 Å². The van der Waals surface area contributed by atoms with Crippen molar-refractivity contribution in [1.29, 1.82) is 0 Å². The summed E-state index contributed by atoms with van der Waals surface area (Å²) in [5.41, 5.74) is 1.58. The monoisotopic (exact) mass is 236 g/mol. The average Bonchev–Trinajstić information content (AvgIpc) is 2.09. The highest BCUT2D eigenvalue weighted by Gasteiger charge is 2.26. The Hall–Kier alpha value is -0.910. The van der Waals surface area contributed by atoms with E-state index in [0.29, 0.717) is 10.5 Å². The molecule has 15 heavy (non-hydrogen) atoms. The third kappa shape index (κ3) is 3.62. The Bertz CT molecular complexity index is 409. The molecule has 0 aliphatic carbocycles. The topological polar surface area (TPSA) is 28.7 Å². The lowest BCUT2D eigenvalue weighted by Gasteiger charge is -2.07. The van der Waals surface area contributed by atoms with Crippen molar-refractivity contribution in [2.24, 2.45) is 0 Å². The minimum Gasteiger partial charge on any atom is -0.347 e. The van der Waals surface area contributed by atoms with Crippen LogP contribution in [0.25, 0.3) is 0 Å². The van der Waals surface area contributed by atoms with Crippen LogP contribution in [0.15, 0.2) is 0 Å². The van der Waals surface area contributed by atoms with Crippen LogP contribution in [0.5, 0.6) is 0 Å². The van der Waals surface area contributed by atoms with Gasteiger partial charge in [-0.3, -0.25) is 0 Å². The minimum atomic E-state index is -4.16. The zero-order valence-electron chi connectivity index (χ0n) is 8.40. The summed E-state index contributed by atoms with van der Waals surface area (Å²) in [7, 11) is 0. The maximum absolute atomic E-state index is 12.0. The number of nitrogens with zero attached hydrogens (tertiary/aromatic N) is 1. The zero-order valence-corrected chi connectivity index (χ0v) is 9.22. The molecule has 0 fully saturated rings. The van der Waals surface area contributed by atoms with E-state index in [4.69, 9.17) is 12.2 Å². The minimum absolute atomic E-state index is 0.158. The van der Waals surface area contributed by atoms with Gasteiger partial charge in [-0.1, -0.05) is 12.2 Å². The summed E-state index contributed by atoms with van der Waals surface area (Å²) in [6.07, 6.45) is -5.20. The summed E-state index contributed by atoms with van der Waals surface area (Å²) in [5.74, 6) is 0.292. The normalized spacial score (nSPS) is 11.8. The molecule has 0 spiro atoms. The second-order valence-electron chi connectivity index (χ2n) is 3.35. The molecule has 2 nitrogen and oxygen atoms in total. The van der Waals surface area contributed by atoms with E-state index in [1.54, 1.807) is 13.8 Å². The first-order valence-corrected chi connectivity index (χ1v) is 4.83. The van der Waals surface area contributed by atoms with Gasteiger partial charge in [0, 0.05) is 17.7 Å². The standard InChI is InChI=1S/C9H11F3N2S/c1-5-6(2)13-7(14-8(5)15)3-4-9(10,11)12/h3-4H2,1-2H3,(H,13,14,15). The summed E-state index contributed by atoms with van der Waals surface area (Å²) >= 11 is 4.92. The fourth-order valence-corrected chi connectivity index (χ4v) is 1.35. The van der Waals surface area contributed by atoms with E-state index in [1.807, 2.05) is 0 Å². The molecule has 0 saturated carbocycles. The molecule has 0 bridgehead atoms. The number of aromatic nitrogens is 2. The van der Waals surface area contributed by atoms with Crippen LogP contribution in [0.3, 0.4) is 0 Å². The van der Waals surface area contributed by atoms with Crippen molar-refractivity contribution in [2.75, 3.05) is 0 Å². The molecule has 0 aliphatic heterocycles. The largest absolute Gasteiger partial charge is 0.389 e. The van der Waals surface area contributed by atoms with Gasteiger partial charge in [0.1, 0.15) is 10.5 Å². The lowest BCUT2D eigenvalue weighted by atomic mass is 10.2. The summed E-state index contributed by atoms with van der Waals surface area (Å²) in [4.78, 5) is 6.71. The number of rotatable bonds is 2. The molecule has 0 amide bonds. The molecule has 0 aliphatic rings. The number of aromatic amines is 1. The van der Waals surface area contributed by atoms with Gasteiger partial charge in [-0.2, -0.15) is 13.2 Å². The Morgan fingerprint density at radius 3 is 2.40 bits per heavy atom. The van der Waals surface area contributed by atoms with Gasteiger partial charge in [-0.05, 0) is 13.8 Å². The predicted molar refractivity (Wildman–Crippen MR) is 53.3 cm³/mol. The highest BCUT2D eigenvalue weighted by atomic mass is 32.1. The second kappa shape index (κ2) is 4.30. The molecule has 0 radical (unpaired) electrons. The molecule has 1 aromatic rings. The zero-order chi connectivity index (χ0) is 11.6. The quantitative estimate of drug-likeness (QED) is 0.798. The molecule has 84 valence electrons. The van der Waals surface area contributed by atoms with Crippen LogP contribution >= 0.6 is 12.2 Å². The predicted octanol–water partition coefficient (Wildman–Crippen LogP) is 3.25. The molecule has 1 rings (SSSR count). The maximum atomic E-state index is 12.0. The number of aryl methyl sites for hydroxylation is 2. The molecule has 1 N–H and O–H groups in total. The first-order chi connectivity index (χ1) is 6.79. The number of H-pyrrole nitrogens is 1. The molecule has 0 saturated heterocycles. The molecule has 1 aromatic heterocycles. The molecule has 6 heteroatoms. The lowest BCUT2D eigenvalue weighted by molar-refractivity contribution is -0.134. The Kier molecular flexibility index (Phi) is 3.49. The van der Waals surface area contributed by atoms with Gasteiger partial charge in [0.25, 0.3) is 0 Å². The van der Waals surface area contributed by atoms with Crippen molar-refractivity contribution in [3.05, 3.63) is 21.7 Å². The number of hydrogen-bond acceptors (Lipinski definition) is 2. The average molecular weight is 236 g/mol. The SMILES string of the molecule is Cc1[nH]c(CCC(F)(F)F)nc(=S)c1C. The summed E-state index contributed by atoms with van der Waals surface area (Å²) in [5, 5.41) is 0. The van der Waals surface area contributed by atoms with Gasteiger partial charge in [0.15, 0.2) is 0 Å². The third-order valence-electron chi connectivity index (χ3n) is 2.10. The van der Waals surface area contributed by atoms with Gasteiger partial charge in [0.2, 0.25) is 0 Å². The highest BCUT2D eigenvalue weighted by molar-refractivity contribution is 7.71. The first kappa shape index (κ1) is 12.2. The van der Waals surface area contributed by atoms with E-state index in [-0.39, 0.29) is 6.42 Å². The fraction of sp³-hybridized carbons (Fsp3) is 0.556. The number of hydrogen-bond donors (Lipinski definition) is 1. The lowest BCUT2D eigenvalue weighted by Crippen LogP contribution is -2.11. The maximum Gasteiger partial charge on any atom is 0.389 e. The van der Waals surface area contributed by atoms with E-state index in [9.17, 15) is 13.2 Å². The van der Waals surface area contributed by atoms with E-state index in [1.165, 1.54) is 0 Å². The highest BCUT2D eigenvalue weighted by Crippen LogP contribution is 2.21. The molecular formula is C9H11F3N2S. The van der Waals surface area contributed by atoms with E-state index < -0.39 is 12.6 Å². The van der Waals surface area contributed by atoms with Gasteiger partial charge in [-0.15, -0.1) is 0 Å². The van der Waals surface area contributed by atoms with E-state index >= 15 is 0 Å². The molecule has 1 heterocycles. The van der Waals surface area contributed by atoms with Crippen LogP contribution in [0, 0.1) is 18.5 Å². The van der Waals surface area contributed by atoms with Crippen molar-refractivity contribution in [1.82, 2.24) is 9.97 Å². The number of halogens is 3. The Morgan fingerprint density at radius 1 is 1.33 bits per heavy atom. The van der Waals surface area contributed by atoms with Crippen molar-refractivity contribution in [2.45, 2.75) is 32.9 Å². The van der Waals surface area contributed by atoms with Crippen LogP contribution < -0.4 is 0 Å². The molecule has 0 atom stereocenters. The van der Waals surface area contributed by atoms with Crippen molar-refractivity contribution in [3.63, 3.8) is 0 Å². The number of alkyl halides is 3. The Balaban J connectivity index is 2.84. The van der Waals surface area contributed by atoms with Gasteiger partial charge in [-0.25, -0.2) is 4.98 Å². The molecular weight excluding hydrogens is 225 g/mol. The summed E-state index contributed by atoms with van der Waals surface area (Å²) in [6.45, 7) is 3.55. The molecule has 0 aromatic carbocycles. The smallest absolute Gasteiger partial charge is 0.347 e. The van der Waals surface area contributed by atoms with Crippen LogP contribution in [0.2, 0.25) is 0 Å². The Labute approximate surface area is 90.6 Å². The summed E-state index contributed by atoms with van der Waals surface area (Å²) < 4.78 is 36.2. The second-order valence-corrected chi connectivity index (χ2v) is 3.74. The van der Waals surface area contributed by atoms with Crippen LogP contribution in [-0.2, 0) is 6.42 Å². The summed E-state index contributed by atoms with van der Waals surface area (Å²) in [6, 6.07) is 0. The Morgan fingerprint density at radius 2 is 1.93 bits per heavy atom. The van der Waals surface area contributed by atoms with E-state index in [0.717, 1.165) is 11.3 Å². The van der Waals surface area contributed by atoms with Crippen LogP contribution in [-0.4, -0.2) is 16.1 Å². The van der Waals surface area contributed by atoms with Crippen molar-refractivity contribution >= 4 is 12.2 Å². The number of nitrogens with one attached hydrogen (secondary N) is 1. The first-order valence-electron chi connectivity index (χ1n) is 4.43.